The molecule has 0 atom stereocenters. The first-order valence-electron chi connectivity index (χ1n) is 10.0. The average Bonchev–Trinajstić information content (AvgIpc) is 3.01. The Morgan fingerprint density at radius 1 is 0.800 bits per heavy atom. The Hall–Kier alpha value is -3.34. The number of ether oxygens (including phenoxy) is 1. The number of aromatic nitrogens is 1. The van der Waals surface area contributed by atoms with Crippen molar-refractivity contribution in [2.75, 3.05) is 38.0 Å². The van der Waals surface area contributed by atoms with Crippen molar-refractivity contribution in [1.82, 2.24) is 4.98 Å². The van der Waals surface area contributed by atoms with Crippen molar-refractivity contribution in [2.24, 2.45) is 0 Å². The Bertz CT molecular complexity index is 1080. The average molecular weight is 402 g/mol. The molecule has 2 aromatic carbocycles. The van der Waals surface area contributed by atoms with Gasteiger partial charge < -0.3 is 14.5 Å². The van der Waals surface area contributed by atoms with Gasteiger partial charge in [0.05, 0.1) is 5.56 Å². The topological polar surface area (TPSA) is 45.7 Å². The van der Waals surface area contributed by atoms with Crippen molar-refractivity contribution in [3.8, 4) is 0 Å². The lowest BCUT2D eigenvalue weighted by Gasteiger charge is -2.33. The molecule has 5 nitrogen and oxygen atoms in total. The number of cyclic esters (lactones) is 1. The Morgan fingerprint density at radius 3 is 1.80 bits per heavy atom. The smallest absolute Gasteiger partial charge is 0.341 e. The molecular formula is C25H27N3O2. The van der Waals surface area contributed by atoms with E-state index in [4.69, 9.17) is 4.74 Å². The Balaban J connectivity index is 2.03. The minimum absolute atomic E-state index is 0.342. The summed E-state index contributed by atoms with van der Waals surface area (Å²) < 4.78 is 6.25. The summed E-state index contributed by atoms with van der Waals surface area (Å²) in [5, 5.41) is 0. The Kier molecular flexibility index (Phi) is 4.77. The predicted octanol–water partition coefficient (Wildman–Crippen LogP) is 4.29. The second kappa shape index (κ2) is 7.17. The lowest BCUT2D eigenvalue weighted by molar-refractivity contribution is 0.0248. The van der Waals surface area contributed by atoms with Crippen LogP contribution in [0.4, 0.5) is 11.4 Å². The van der Waals surface area contributed by atoms with Crippen LogP contribution in [0.3, 0.4) is 0 Å². The molecule has 0 saturated carbocycles. The molecule has 0 fully saturated rings. The summed E-state index contributed by atoms with van der Waals surface area (Å²) in [4.78, 5) is 21.2. The van der Waals surface area contributed by atoms with E-state index in [0.29, 0.717) is 5.56 Å². The molecule has 4 rings (SSSR count). The van der Waals surface area contributed by atoms with Gasteiger partial charge in [-0.15, -0.1) is 0 Å². The summed E-state index contributed by atoms with van der Waals surface area (Å²) in [5.74, 6) is -0.342. The van der Waals surface area contributed by atoms with Gasteiger partial charge in [-0.05, 0) is 55.3 Å². The number of nitrogens with zero attached hydrogens (tertiary/aromatic N) is 3. The molecule has 0 spiro atoms. The molecule has 1 aromatic heterocycles. The molecule has 0 amide bonds. The fourth-order valence-electron chi connectivity index (χ4n) is 4.30. The van der Waals surface area contributed by atoms with Gasteiger partial charge in [-0.1, -0.05) is 12.1 Å². The molecule has 0 N–H and O–H groups in total. The van der Waals surface area contributed by atoms with Crippen LogP contribution in [-0.2, 0) is 10.3 Å². The first-order valence-corrected chi connectivity index (χ1v) is 10.0. The van der Waals surface area contributed by atoms with E-state index in [1.807, 2.05) is 34.3 Å². The van der Waals surface area contributed by atoms with Crippen LogP contribution in [0, 0.1) is 13.8 Å². The summed E-state index contributed by atoms with van der Waals surface area (Å²) in [7, 11) is 8.08. The molecule has 3 aromatic rings. The minimum Gasteiger partial charge on any atom is -0.441 e. The zero-order valence-corrected chi connectivity index (χ0v) is 18.4. The van der Waals surface area contributed by atoms with Crippen molar-refractivity contribution in [2.45, 2.75) is 19.4 Å². The van der Waals surface area contributed by atoms with Crippen molar-refractivity contribution in [3.05, 3.63) is 88.2 Å². The molecule has 5 heteroatoms. The summed E-state index contributed by atoms with van der Waals surface area (Å²) in [6.07, 6.45) is 3.33. The summed E-state index contributed by atoms with van der Waals surface area (Å²) in [6, 6.07) is 14.5. The SMILES string of the molecule is Cc1cc(N(C)C)ccc1C1(c2ccc(N(C)C)cc2C)OC(=O)c2cnccc21. The number of rotatable bonds is 4. The monoisotopic (exact) mass is 401 g/mol. The maximum absolute atomic E-state index is 12.9. The Morgan fingerprint density at radius 2 is 1.33 bits per heavy atom. The van der Waals surface area contributed by atoms with Crippen LogP contribution in [0.1, 0.15) is 38.2 Å². The van der Waals surface area contributed by atoms with Gasteiger partial charge in [0.1, 0.15) is 0 Å². The number of aryl methyl sites for hydroxylation is 2. The van der Waals surface area contributed by atoms with E-state index >= 15 is 0 Å². The van der Waals surface area contributed by atoms with Crippen molar-refractivity contribution in [1.29, 1.82) is 0 Å². The van der Waals surface area contributed by atoms with E-state index in [0.717, 1.165) is 39.2 Å². The molecule has 154 valence electrons. The van der Waals surface area contributed by atoms with Crippen LogP contribution in [0.5, 0.6) is 0 Å². The number of hydrogen-bond acceptors (Lipinski definition) is 5. The predicted molar refractivity (Wildman–Crippen MR) is 121 cm³/mol. The molecule has 0 bridgehead atoms. The molecule has 1 aliphatic rings. The number of fused-ring (bicyclic) bond motifs is 1. The highest BCUT2D eigenvalue weighted by Gasteiger charge is 2.50. The molecule has 1 aliphatic heterocycles. The summed E-state index contributed by atoms with van der Waals surface area (Å²) in [5.41, 5.74) is 6.62. The van der Waals surface area contributed by atoms with Crippen LogP contribution in [0.15, 0.2) is 54.9 Å². The molecule has 0 unspecified atom stereocenters. The van der Waals surface area contributed by atoms with E-state index in [-0.39, 0.29) is 5.97 Å². The van der Waals surface area contributed by atoms with Crippen LogP contribution in [-0.4, -0.2) is 39.1 Å². The van der Waals surface area contributed by atoms with Gasteiger partial charge in [0.2, 0.25) is 0 Å². The van der Waals surface area contributed by atoms with Crippen molar-refractivity contribution in [3.63, 3.8) is 0 Å². The molecule has 0 aliphatic carbocycles. The highest BCUT2D eigenvalue weighted by atomic mass is 16.6. The van der Waals surface area contributed by atoms with Crippen LogP contribution in [0.2, 0.25) is 0 Å². The number of anilines is 2. The number of hydrogen-bond donors (Lipinski definition) is 0. The lowest BCUT2D eigenvalue weighted by Crippen LogP contribution is -2.31. The van der Waals surface area contributed by atoms with E-state index in [1.165, 1.54) is 0 Å². The standard InChI is InChI=1S/C25H27N3O2/c1-16-13-18(27(3)4)7-9-21(16)25(22-10-8-19(28(5)6)14-17(22)2)23-11-12-26-15-20(23)24(29)30-25/h7-15H,1-6H3. The normalized spacial score (nSPS) is 14.3. The van der Waals surface area contributed by atoms with E-state index in [2.05, 4.69) is 65.0 Å². The molecule has 0 saturated heterocycles. The fraction of sp³-hybridized carbons (Fsp3) is 0.280. The van der Waals surface area contributed by atoms with Gasteiger partial charge in [0.25, 0.3) is 0 Å². The Labute approximate surface area is 177 Å². The van der Waals surface area contributed by atoms with Gasteiger partial charge in [0, 0.05) is 68.6 Å². The van der Waals surface area contributed by atoms with E-state index in [1.54, 1.807) is 12.4 Å². The molecule has 2 heterocycles. The van der Waals surface area contributed by atoms with Gasteiger partial charge in [0.15, 0.2) is 5.60 Å². The quantitative estimate of drug-likeness (QED) is 0.610. The van der Waals surface area contributed by atoms with Crippen molar-refractivity contribution < 1.29 is 9.53 Å². The van der Waals surface area contributed by atoms with Crippen molar-refractivity contribution >= 4 is 17.3 Å². The van der Waals surface area contributed by atoms with E-state index in [9.17, 15) is 4.79 Å². The van der Waals surface area contributed by atoms with Crippen LogP contribution >= 0.6 is 0 Å². The maximum Gasteiger partial charge on any atom is 0.341 e. The number of pyridine rings is 1. The largest absolute Gasteiger partial charge is 0.441 e. The fourth-order valence-corrected chi connectivity index (χ4v) is 4.30. The minimum atomic E-state index is -1.00. The highest BCUT2D eigenvalue weighted by Crippen LogP contribution is 2.49. The van der Waals surface area contributed by atoms with E-state index < -0.39 is 5.60 Å². The summed E-state index contributed by atoms with van der Waals surface area (Å²) >= 11 is 0. The number of carbonyl (C=O) groups excluding carboxylic acids is 1. The van der Waals surface area contributed by atoms with Gasteiger partial charge in [-0.25, -0.2) is 4.79 Å². The molecular weight excluding hydrogens is 374 g/mol. The highest BCUT2D eigenvalue weighted by molar-refractivity contribution is 5.96. The van der Waals surface area contributed by atoms with Crippen LogP contribution in [0.25, 0.3) is 0 Å². The second-order valence-corrected chi connectivity index (χ2v) is 8.28. The second-order valence-electron chi connectivity index (χ2n) is 8.28. The first-order chi connectivity index (χ1) is 14.3. The summed E-state index contributed by atoms with van der Waals surface area (Å²) in [6.45, 7) is 4.14. The number of benzene rings is 2. The zero-order chi connectivity index (χ0) is 21.6. The lowest BCUT2D eigenvalue weighted by atomic mass is 9.77. The molecule has 30 heavy (non-hydrogen) atoms. The van der Waals surface area contributed by atoms with Crippen LogP contribution < -0.4 is 9.80 Å². The number of esters is 1. The molecule has 0 radical (unpaired) electrons. The van der Waals surface area contributed by atoms with Gasteiger partial charge in [-0.2, -0.15) is 0 Å². The van der Waals surface area contributed by atoms with Gasteiger partial charge in [-0.3, -0.25) is 4.98 Å². The maximum atomic E-state index is 12.9. The number of carbonyl (C=O) groups is 1. The third-order valence-electron chi connectivity index (χ3n) is 5.88. The first kappa shape index (κ1) is 20.0. The zero-order valence-electron chi connectivity index (χ0n) is 18.4. The van der Waals surface area contributed by atoms with Gasteiger partial charge >= 0.3 is 5.97 Å². The third kappa shape index (κ3) is 2.93. The third-order valence-corrected chi connectivity index (χ3v) is 5.88.